The van der Waals surface area contributed by atoms with Crippen molar-refractivity contribution in [3.63, 3.8) is 0 Å². The van der Waals surface area contributed by atoms with Gasteiger partial charge in [-0.1, -0.05) is 12.1 Å². The number of aliphatic hydroxyl groups excluding tert-OH is 1. The Labute approximate surface area is 101 Å². The van der Waals surface area contributed by atoms with Crippen LogP contribution in [0.3, 0.4) is 0 Å². The van der Waals surface area contributed by atoms with Crippen molar-refractivity contribution in [1.29, 1.82) is 0 Å². The lowest BCUT2D eigenvalue weighted by Crippen LogP contribution is -2.36. The van der Waals surface area contributed by atoms with Gasteiger partial charge in [-0.25, -0.2) is 4.79 Å². The Hall–Kier alpha value is -1.75. The van der Waals surface area contributed by atoms with Gasteiger partial charge in [-0.2, -0.15) is 0 Å². The molecule has 5 heteroatoms. The van der Waals surface area contributed by atoms with Crippen LogP contribution in [0.15, 0.2) is 24.3 Å². The summed E-state index contributed by atoms with van der Waals surface area (Å²) in [5.41, 5.74) is 0.615. The summed E-state index contributed by atoms with van der Waals surface area (Å²) < 4.78 is 5.12. The van der Waals surface area contributed by atoms with E-state index in [0.29, 0.717) is 17.9 Å². The van der Waals surface area contributed by atoms with Gasteiger partial charge in [0.05, 0.1) is 12.8 Å². The van der Waals surface area contributed by atoms with Crippen molar-refractivity contribution < 1.29 is 14.6 Å². The summed E-state index contributed by atoms with van der Waals surface area (Å²) >= 11 is 0. The van der Waals surface area contributed by atoms with Gasteiger partial charge in [0.2, 0.25) is 0 Å². The van der Waals surface area contributed by atoms with Gasteiger partial charge < -0.3 is 20.5 Å². The van der Waals surface area contributed by atoms with Crippen molar-refractivity contribution >= 4 is 11.7 Å². The van der Waals surface area contributed by atoms with Crippen molar-refractivity contribution in [3.05, 3.63) is 24.3 Å². The number of para-hydroxylation sites is 2. The third kappa shape index (κ3) is 4.32. The van der Waals surface area contributed by atoms with Crippen LogP contribution in [0.5, 0.6) is 5.75 Å². The topological polar surface area (TPSA) is 70.6 Å². The normalized spacial score (nSPS) is 11.7. The van der Waals surface area contributed by atoms with Gasteiger partial charge in [0.15, 0.2) is 0 Å². The molecule has 0 bridgehead atoms. The fourth-order valence-corrected chi connectivity index (χ4v) is 1.40. The standard InChI is InChI=1S/C12H18N2O3/c1-9(7-8-15)13-12(16)14-10-5-3-4-6-11(10)17-2/h3-6,9,15H,7-8H2,1-2H3,(H2,13,14,16). The molecular formula is C12H18N2O3. The molecule has 0 heterocycles. The molecule has 3 N–H and O–H groups in total. The molecule has 1 aromatic rings. The zero-order valence-electron chi connectivity index (χ0n) is 10.1. The van der Waals surface area contributed by atoms with Crippen molar-refractivity contribution in [3.8, 4) is 5.75 Å². The molecule has 0 aliphatic carbocycles. The maximum Gasteiger partial charge on any atom is 0.319 e. The number of carbonyl (C=O) groups is 1. The molecule has 1 atom stereocenters. The van der Waals surface area contributed by atoms with Gasteiger partial charge in [0.1, 0.15) is 5.75 Å². The van der Waals surface area contributed by atoms with Gasteiger partial charge in [-0.05, 0) is 25.5 Å². The molecule has 0 aliphatic rings. The van der Waals surface area contributed by atoms with Gasteiger partial charge in [-0.15, -0.1) is 0 Å². The third-order valence-electron chi connectivity index (χ3n) is 2.29. The molecule has 94 valence electrons. The minimum absolute atomic E-state index is 0.0517. The minimum atomic E-state index is -0.310. The number of ether oxygens (including phenoxy) is 1. The highest BCUT2D eigenvalue weighted by Crippen LogP contribution is 2.22. The largest absolute Gasteiger partial charge is 0.495 e. The first kappa shape index (κ1) is 13.3. The van der Waals surface area contributed by atoms with E-state index in [0.717, 1.165) is 0 Å². The molecule has 0 aromatic heterocycles. The van der Waals surface area contributed by atoms with Crippen LogP contribution in [0.1, 0.15) is 13.3 Å². The Bertz CT molecular complexity index is 369. The molecule has 0 saturated carbocycles. The number of aliphatic hydroxyl groups is 1. The van der Waals surface area contributed by atoms with E-state index in [2.05, 4.69) is 10.6 Å². The fraction of sp³-hybridized carbons (Fsp3) is 0.417. The van der Waals surface area contributed by atoms with Gasteiger partial charge in [-0.3, -0.25) is 0 Å². The number of urea groups is 1. The molecule has 2 amide bonds. The number of anilines is 1. The van der Waals surface area contributed by atoms with Crippen molar-refractivity contribution in [1.82, 2.24) is 5.32 Å². The number of nitrogens with one attached hydrogen (secondary N) is 2. The maximum atomic E-state index is 11.6. The second-order valence-electron chi connectivity index (χ2n) is 3.71. The van der Waals surface area contributed by atoms with Crippen LogP contribution in [0.4, 0.5) is 10.5 Å². The molecule has 0 fully saturated rings. The second kappa shape index (κ2) is 6.75. The number of amides is 2. The summed E-state index contributed by atoms with van der Waals surface area (Å²) in [7, 11) is 1.55. The van der Waals surface area contributed by atoms with E-state index in [1.165, 1.54) is 0 Å². The predicted octanol–water partition coefficient (Wildman–Crippen LogP) is 1.59. The van der Waals surface area contributed by atoms with Crippen LogP contribution in [0.25, 0.3) is 0 Å². The molecular weight excluding hydrogens is 220 g/mol. The molecule has 5 nitrogen and oxygen atoms in total. The van der Waals surface area contributed by atoms with Crippen LogP contribution in [0, 0.1) is 0 Å². The average molecular weight is 238 g/mol. The molecule has 0 aliphatic heterocycles. The number of methoxy groups -OCH3 is 1. The van der Waals surface area contributed by atoms with E-state index in [9.17, 15) is 4.79 Å². The number of benzene rings is 1. The quantitative estimate of drug-likeness (QED) is 0.729. The van der Waals surface area contributed by atoms with Crippen LogP contribution < -0.4 is 15.4 Å². The summed E-state index contributed by atoms with van der Waals surface area (Å²) in [4.78, 5) is 11.6. The summed E-state index contributed by atoms with van der Waals surface area (Å²) in [5.74, 6) is 0.609. The number of hydrogen-bond donors (Lipinski definition) is 3. The SMILES string of the molecule is COc1ccccc1NC(=O)NC(C)CCO. The molecule has 1 rings (SSSR count). The van der Waals surface area contributed by atoms with Gasteiger partial charge in [0, 0.05) is 12.6 Å². The van der Waals surface area contributed by atoms with Gasteiger partial charge >= 0.3 is 6.03 Å². The molecule has 1 unspecified atom stereocenters. The first-order valence-electron chi connectivity index (χ1n) is 5.48. The predicted molar refractivity (Wildman–Crippen MR) is 66.3 cm³/mol. The summed E-state index contributed by atoms with van der Waals surface area (Å²) in [6.45, 7) is 1.88. The van der Waals surface area contributed by atoms with E-state index < -0.39 is 0 Å². The summed E-state index contributed by atoms with van der Waals surface area (Å²) in [6.07, 6.45) is 0.527. The highest BCUT2D eigenvalue weighted by Gasteiger charge is 2.09. The lowest BCUT2D eigenvalue weighted by atomic mass is 10.2. The third-order valence-corrected chi connectivity index (χ3v) is 2.29. The smallest absolute Gasteiger partial charge is 0.319 e. The van der Waals surface area contributed by atoms with E-state index >= 15 is 0 Å². The molecule has 0 saturated heterocycles. The lowest BCUT2D eigenvalue weighted by Gasteiger charge is -2.14. The van der Waals surface area contributed by atoms with Crippen LogP contribution in [-0.4, -0.2) is 30.9 Å². The Kier molecular flexibility index (Phi) is 5.29. The minimum Gasteiger partial charge on any atom is -0.495 e. The highest BCUT2D eigenvalue weighted by molar-refractivity contribution is 5.91. The zero-order chi connectivity index (χ0) is 12.7. The lowest BCUT2D eigenvalue weighted by molar-refractivity contribution is 0.241. The Morgan fingerprint density at radius 3 is 2.82 bits per heavy atom. The first-order chi connectivity index (χ1) is 8.17. The first-order valence-corrected chi connectivity index (χ1v) is 5.48. The Morgan fingerprint density at radius 2 is 2.18 bits per heavy atom. The maximum absolute atomic E-state index is 11.6. The monoisotopic (exact) mass is 238 g/mol. The van der Waals surface area contributed by atoms with Crippen LogP contribution in [-0.2, 0) is 0 Å². The van der Waals surface area contributed by atoms with E-state index in [1.54, 1.807) is 19.2 Å². The summed E-state index contributed by atoms with van der Waals surface area (Å²) in [5, 5.41) is 14.1. The fourth-order valence-electron chi connectivity index (χ4n) is 1.40. The average Bonchev–Trinajstić information content (AvgIpc) is 2.29. The van der Waals surface area contributed by atoms with Crippen molar-refractivity contribution in [2.45, 2.75) is 19.4 Å². The molecule has 17 heavy (non-hydrogen) atoms. The van der Waals surface area contributed by atoms with E-state index in [4.69, 9.17) is 9.84 Å². The summed E-state index contributed by atoms with van der Waals surface area (Å²) in [6, 6.07) is 6.79. The number of rotatable bonds is 5. The molecule has 1 aromatic carbocycles. The van der Waals surface area contributed by atoms with E-state index in [-0.39, 0.29) is 18.7 Å². The van der Waals surface area contributed by atoms with Gasteiger partial charge in [0.25, 0.3) is 0 Å². The molecule has 0 radical (unpaired) electrons. The number of hydrogen-bond acceptors (Lipinski definition) is 3. The zero-order valence-corrected chi connectivity index (χ0v) is 10.1. The van der Waals surface area contributed by atoms with E-state index in [1.807, 2.05) is 19.1 Å². The second-order valence-corrected chi connectivity index (χ2v) is 3.71. The Morgan fingerprint density at radius 1 is 1.47 bits per heavy atom. The van der Waals surface area contributed by atoms with Crippen LogP contribution >= 0.6 is 0 Å². The Balaban J connectivity index is 2.55. The highest BCUT2D eigenvalue weighted by atomic mass is 16.5. The van der Waals surface area contributed by atoms with Crippen LogP contribution in [0.2, 0.25) is 0 Å². The molecule has 0 spiro atoms. The number of carbonyl (C=O) groups excluding carboxylic acids is 1. The van der Waals surface area contributed by atoms with Crippen molar-refractivity contribution in [2.75, 3.05) is 19.0 Å². The van der Waals surface area contributed by atoms with Crippen molar-refractivity contribution in [2.24, 2.45) is 0 Å².